The molecule has 1 N–H and O–H groups in total. The zero-order chi connectivity index (χ0) is 12.3. The lowest BCUT2D eigenvalue weighted by atomic mass is 9.99. The van der Waals surface area contributed by atoms with E-state index in [9.17, 15) is 5.11 Å². The van der Waals surface area contributed by atoms with Gasteiger partial charge in [-0.05, 0) is 46.4 Å². The fourth-order valence-corrected chi connectivity index (χ4v) is 2.89. The first-order chi connectivity index (χ1) is 8.16. The number of rotatable bonds is 4. The van der Waals surface area contributed by atoms with E-state index in [4.69, 9.17) is 4.74 Å². The molecule has 2 fully saturated rings. The molecule has 100 valence electrons. The SMILES string of the molecule is CN1CCC(N(C)CC(O)C2CCOC2)CC1. The van der Waals surface area contributed by atoms with Gasteiger partial charge in [-0.2, -0.15) is 0 Å². The van der Waals surface area contributed by atoms with Gasteiger partial charge in [-0.15, -0.1) is 0 Å². The first-order valence-electron chi connectivity index (χ1n) is 6.81. The molecule has 2 unspecified atom stereocenters. The molecule has 4 nitrogen and oxygen atoms in total. The summed E-state index contributed by atoms with van der Waals surface area (Å²) in [5.41, 5.74) is 0. The summed E-state index contributed by atoms with van der Waals surface area (Å²) in [6.07, 6.45) is 3.24. The maximum absolute atomic E-state index is 10.2. The number of likely N-dealkylation sites (tertiary alicyclic amines) is 1. The molecule has 2 aliphatic rings. The summed E-state index contributed by atoms with van der Waals surface area (Å²) < 4.78 is 5.33. The average Bonchev–Trinajstić information content (AvgIpc) is 2.83. The number of piperidine rings is 1. The molecule has 0 aromatic heterocycles. The second kappa shape index (κ2) is 6.14. The normalized spacial score (nSPS) is 30.0. The molecule has 2 heterocycles. The molecule has 0 bridgehead atoms. The van der Waals surface area contributed by atoms with E-state index in [0.717, 1.165) is 26.2 Å². The highest BCUT2D eigenvalue weighted by molar-refractivity contribution is 4.81. The van der Waals surface area contributed by atoms with Crippen molar-refractivity contribution >= 4 is 0 Å². The Morgan fingerprint density at radius 1 is 1.35 bits per heavy atom. The molecule has 4 heteroatoms. The van der Waals surface area contributed by atoms with E-state index in [1.807, 2.05) is 0 Å². The molecule has 2 aliphatic heterocycles. The van der Waals surface area contributed by atoms with Crippen molar-refractivity contribution in [3.8, 4) is 0 Å². The summed E-state index contributed by atoms with van der Waals surface area (Å²) in [6.45, 7) is 4.71. The maximum atomic E-state index is 10.2. The van der Waals surface area contributed by atoms with Gasteiger partial charge in [0, 0.05) is 25.1 Å². The van der Waals surface area contributed by atoms with E-state index in [-0.39, 0.29) is 6.10 Å². The van der Waals surface area contributed by atoms with Crippen molar-refractivity contribution in [2.24, 2.45) is 5.92 Å². The smallest absolute Gasteiger partial charge is 0.0718 e. The number of aliphatic hydroxyl groups is 1. The van der Waals surface area contributed by atoms with Crippen LogP contribution in [0.2, 0.25) is 0 Å². The van der Waals surface area contributed by atoms with Crippen LogP contribution in [0.15, 0.2) is 0 Å². The second-order valence-electron chi connectivity index (χ2n) is 5.67. The summed E-state index contributed by atoms with van der Waals surface area (Å²) in [4.78, 5) is 4.72. The predicted octanol–water partition coefficient (Wildman–Crippen LogP) is 0.410. The summed E-state index contributed by atoms with van der Waals surface area (Å²) in [5.74, 6) is 0.351. The average molecular weight is 242 g/mol. The predicted molar refractivity (Wildman–Crippen MR) is 68.1 cm³/mol. The molecule has 0 aromatic carbocycles. The van der Waals surface area contributed by atoms with Gasteiger partial charge in [-0.25, -0.2) is 0 Å². The van der Waals surface area contributed by atoms with Gasteiger partial charge in [-0.3, -0.25) is 0 Å². The molecule has 0 aliphatic carbocycles. The first kappa shape index (κ1) is 13.3. The van der Waals surface area contributed by atoms with Crippen LogP contribution in [0.5, 0.6) is 0 Å². The number of ether oxygens (including phenoxy) is 1. The monoisotopic (exact) mass is 242 g/mol. The van der Waals surface area contributed by atoms with Crippen LogP contribution >= 0.6 is 0 Å². The Kier molecular flexibility index (Phi) is 4.79. The topological polar surface area (TPSA) is 35.9 Å². The van der Waals surface area contributed by atoms with Gasteiger partial charge in [0.2, 0.25) is 0 Å². The van der Waals surface area contributed by atoms with Gasteiger partial charge >= 0.3 is 0 Å². The largest absolute Gasteiger partial charge is 0.391 e. The Balaban J connectivity index is 1.73. The van der Waals surface area contributed by atoms with Crippen molar-refractivity contribution in [2.45, 2.75) is 31.4 Å². The van der Waals surface area contributed by atoms with Crippen LogP contribution < -0.4 is 0 Å². The fourth-order valence-electron chi connectivity index (χ4n) is 2.89. The van der Waals surface area contributed by atoms with Gasteiger partial charge < -0.3 is 19.6 Å². The highest BCUT2D eigenvalue weighted by Gasteiger charge is 2.27. The molecule has 2 atom stereocenters. The minimum Gasteiger partial charge on any atom is -0.391 e. The van der Waals surface area contributed by atoms with Crippen LogP contribution in [0.25, 0.3) is 0 Å². The standard InChI is InChI=1S/C13H26N2O2/c1-14-6-3-12(4-7-14)15(2)9-13(16)11-5-8-17-10-11/h11-13,16H,3-10H2,1-2H3. The van der Waals surface area contributed by atoms with Crippen LogP contribution in [-0.2, 0) is 4.74 Å². The lowest BCUT2D eigenvalue weighted by Gasteiger charge is -2.36. The Morgan fingerprint density at radius 2 is 2.06 bits per heavy atom. The van der Waals surface area contributed by atoms with E-state index in [1.54, 1.807) is 0 Å². The Morgan fingerprint density at radius 3 is 2.65 bits per heavy atom. The van der Waals surface area contributed by atoms with Crippen molar-refractivity contribution in [3.63, 3.8) is 0 Å². The molecule has 0 aromatic rings. The van der Waals surface area contributed by atoms with E-state index in [2.05, 4.69) is 23.9 Å². The number of hydrogen-bond donors (Lipinski definition) is 1. The minimum absolute atomic E-state index is 0.220. The third-order valence-corrected chi connectivity index (χ3v) is 4.30. The van der Waals surface area contributed by atoms with Gasteiger partial charge in [0.15, 0.2) is 0 Å². The Hall–Kier alpha value is -0.160. The van der Waals surface area contributed by atoms with E-state index < -0.39 is 0 Å². The van der Waals surface area contributed by atoms with Crippen LogP contribution in [0.3, 0.4) is 0 Å². The Labute approximate surface area is 105 Å². The molecule has 0 spiro atoms. The van der Waals surface area contributed by atoms with E-state index in [0.29, 0.717) is 12.0 Å². The highest BCUT2D eigenvalue weighted by atomic mass is 16.5. The molecular weight excluding hydrogens is 216 g/mol. The zero-order valence-electron chi connectivity index (χ0n) is 11.1. The van der Waals surface area contributed by atoms with Gasteiger partial charge in [-0.1, -0.05) is 0 Å². The van der Waals surface area contributed by atoms with Gasteiger partial charge in [0.25, 0.3) is 0 Å². The highest BCUT2D eigenvalue weighted by Crippen LogP contribution is 2.20. The number of hydrogen-bond acceptors (Lipinski definition) is 4. The molecule has 2 rings (SSSR count). The second-order valence-corrected chi connectivity index (χ2v) is 5.67. The molecule has 0 amide bonds. The minimum atomic E-state index is -0.220. The van der Waals surface area contributed by atoms with Gasteiger partial charge in [0.1, 0.15) is 0 Å². The maximum Gasteiger partial charge on any atom is 0.0718 e. The molecule has 17 heavy (non-hydrogen) atoms. The summed E-state index contributed by atoms with van der Waals surface area (Å²) in [5, 5.41) is 10.2. The lowest BCUT2D eigenvalue weighted by Crippen LogP contribution is -2.45. The zero-order valence-corrected chi connectivity index (χ0v) is 11.1. The first-order valence-corrected chi connectivity index (χ1v) is 6.81. The quantitative estimate of drug-likeness (QED) is 0.774. The molecule has 0 saturated carbocycles. The number of aliphatic hydroxyl groups excluding tert-OH is 1. The van der Waals surface area contributed by atoms with Crippen molar-refractivity contribution in [1.82, 2.24) is 9.80 Å². The van der Waals surface area contributed by atoms with Crippen molar-refractivity contribution < 1.29 is 9.84 Å². The van der Waals surface area contributed by atoms with Crippen LogP contribution in [0, 0.1) is 5.92 Å². The Bertz CT molecular complexity index is 223. The summed E-state index contributed by atoms with van der Waals surface area (Å²) in [6, 6.07) is 0.642. The fraction of sp³-hybridized carbons (Fsp3) is 1.00. The number of nitrogens with zero attached hydrogens (tertiary/aromatic N) is 2. The van der Waals surface area contributed by atoms with Gasteiger partial charge in [0.05, 0.1) is 12.7 Å². The van der Waals surface area contributed by atoms with Crippen LogP contribution in [-0.4, -0.2) is 74.0 Å². The third-order valence-electron chi connectivity index (χ3n) is 4.30. The molecular formula is C13H26N2O2. The molecule has 0 radical (unpaired) electrons. The van der Waals surface area contributed by atoms with Crippen LogP contribution in [0.1, 0.15) is 19.3 Å². The third kappa shape index (κ3) is 3.65. The van der Waals surface area contributed by atoms with Crippen molar-refractivity contribution in [2.75, 3.05) is 46.9 Å². The van der Waals surface area contributed by atoms with Crippen molar-refractivity contribution in [1.29, 1.82) is 0 Å². The lowest BCUT2D eigenvalue weighted by molar-refractivity contribution is 0.0397. The van der Waals surface area contributed by atoms with Crippen molar-refractivity contribution in [3.05, 3.63) is 0 Å². The summed E-state index contributed by atoms with van der Waals surface area (Å²) in [7, 11) is 4.33. The molecule has 2 saturated heterocycles. The van der Waals surface area contributed by atoms with E-state index in [1.165, 1.54) is 25.9 Å². The van der Waals surface area contributed by atoms with E-state index >= 15 is 0 Å². The number of likely N-dealkylation sites (N-methyl/N-ethyl adjacent to an activating group) is 1. The summed E-state index contributed by atoms with van der Waals surface area (Å²) >= 11 is 0. The van der Waals surface area contributed by atoms with Crippen LogP contribution in [0.4, 0.5) is 0 Å².